The molecule has 0 aliphatic heterocycles. The first-order valence-corrected chi connectivity index (χ1v) is 16.9. The molecule has 1 N–H and O–H groups in total. The van der Waals surface area contributed by atoms with Gasteiger partial charge in [-0.1, -0.05) is 118 Å². The van der Waals surface area contributed by atoms with Crippen molar-refractivity contribution in [3.63, 3.8) is 0 Å². The normalized spacial score (nSPS) is 11.9. The second-order valence-corrected chi connectivity index (χ2v) is 15.1. The maximum absolute atomic E-state index is 11.7. The fourth-order valence-corrected chi connectivity index (χ4v) is 8.25. The van der Waals surface area contributed by atoms with Crippen LogP contribution in [0.15, 0.2) is 0 Å². The SMILES string of the molecule is CCC(C)(S(=O)(=O)CC)S(=O)(=O)CC.CCCCCCCCCCCCCCCCCC(=O)O.[H-].[H-].[Mg+2]. The van der Waals surface area contributed by atoms with Crippen molar-refractivity contribution in [2.24, 2.45) is 0 Å². The van der Waals surface area contributed by atoms with Crippen molar-refractivity contribution < 1.29 is 29.6 Å². The van der Waals surface area contributed by atoms with Gasteiger partial charge >= 0.3 is 29.0 Å². The fraction of sp³-hybridized carbons (Fsp3) is 0.962. The number of carbonyl (C=O) groups is 1. The molecule has 0 aromatic rings. The Bertz CT molecular complexity index is 683. The van der Waals surface area contributed by atoms with Gasteiger partial charge in [-0.25, -0.2) is 16.8 Å². The molecule has 0 aromatic heterocycles. The standard InChI is InChI=1S/C18H36O2.C8H18O4S2.Mg.2H/c1-2-3-4-5-6-7-8-9-10-11-12-13-14-15-16-17-18(19)20;1-5-8(4,13(9,10)6-2)14(11,12)7-3;;;/h2-17H2,1H3,(H,19,20);5-7H2,1-4H3;;;/q;;+2;2*-1. The van der Waals surface area contributed by atoms with Crippen LogP contribution in [0.2, 0.25) is 0 Å². The van der Waals surface area contributed by atoms with E-state index in [-0.39, 0.29) is 43.8 Å². The minimum Gasteiger partial charge on any atom is -1.00 e. The maximum atomic E-state index is 11.7. The van der Waals surface area contributed by atoms with E-state index in [9.17, 15) is 21.6 Å². The van der Waals surface area contributed by atoms with E-state index >= 15 is 0 Å². The van der Waals surface area contributed by atoms with Crippen molar-refractivity contribution in [2.75, 3.05) is 11.5 Å². The van der Waals surface area contributed by atoms with Gasteiger partial charge in [0.15, 0.2) is 23.8 Å². The van der Waals surface area contributed by atoms with Crippen LogP contribution in [0.3, 0.4) is 0 Å². The van der Waals surface area contributed by atoms with E-state index in [2.05, 4.69) is 6.92 Å². The van der Waals surface area contributed by atoms with E-state index in [1.807, 2.05) is 0 Å². The van der Waals surface area contributed by atoms with Crippen molar-refractivity contribution in [3.8, 4) is 0 Å². The monoisotopic (exact) mass is 552 g/mol. The summed E-state index contributed by atoms with van der Waals surface area (Å²) in [6, 6.07) is 0. The van der Waals surface area contributed by atoms with Crippen LogP contribution in [-0.4, -0.2) is 66.5 Å². The molecule has 0 saturated carbocycles. The Hall–Kier alpha value is 0.136. The fourth-order valence-electron chi connectivity index (χ4n) is 3.89. The Morgan fingerprint density at radius 3 is 1.14 bits per heavy atom. The third-order valence-electron chi connectivity index (χ3n) is 6.71. The van der Waals surface area contributed by atoms with E-state index in [0.717, 1.165) is 12.8 Å². The maximum Gasteiger partial charge on any atom is 2.00 e. The smallest absolute Gasteiger partial charge is 1.00 e. The number of carboxylic acids is 1. The Labute approximate surface area is 236 Å². The average Bonchev–Trinajstić information content (AvgIpc) is 2.80. The van der Waals surface area contributed by atoms with Gasteiger partial charge in [-0.3, -0.25) is 4.79 Å². The van der Waals surface area contributed by atoms with E-state index in [1.165, 1.54) is 104 Å². The molecule has 0 aliphatic rings. The number of unbranched alkanes of at least 4 members (excludes halogenated alkanes) is 14. The second kappa shape index (κ2) is 23.3. The van der Waals surface area contributed by atoms with Crippen molar-refractivity contribution in [3.05, 3.63) is 0 Å². The molecule has 9 heteroatoms. The van der Waals surface area contributed by atoms with Crippen LogP contribution in [-0.2, 0) is 24.5 Å². The molecule has 0 aromatic carbocycles. The van der Waals surface area contributed by atoms with Crippen LogP contribution in [0.25, 0.3) is 0 Å². The Morgan fingerprint density at radius 1 is 0.629 bits per heavy atom. The molecular weight excluding hydrogens is 497 g/mol. The number of hydrogen-bond acceptors (Lipinski definition) is 5. The van der Waals surface area contributed by atoms with Crippen molar-refractivity contribution >= 4 is 48.7 Å². The van der Waals surface area contributed by atoms with Gasteiger partial charge in [-0.05, 0) is 19.8 Å². The quantitative estimate of drug-likeness (QED) is 0.120. The number of sulfone groups is 2. The Kier molecular flexibility index (Phi) is 26.4. The molecule has 0 bridgehead atoms. The van der Waals surface area contributed by atoms with Gasteiger partial charge in [0.05, 0.1) is 0 Å². The third-order valence-corrected chi connectivity index (χ3v) is 13.0. The van der Waals surface area contributed by atoms with Crippen LogP contribution in [0.1, 0.15) is 147 Å². The molecule has 0 unspecified atom stereocenters. The van der Waals surface area contributed by atoms with Crippen LogP contribution < -0.4 is 0 Å². The van der Waals surface area contributed by atoms with Gasteiger partial charge in [0.2, 0.25) is 0 Å². The van der Waals surface area contributed by atoms with Crippen LogP contribution in [0.5, 0.6) is 0 Å². The summed E-state index contributed by atoms with van der Waals surface area (Å²) < 4.78 is 45.1. The molecule has 210 valence electrons. The van der Waals surface area contributed by atoms with Gasteiger partial charge in [0, 0.05) is 17.9 Å². The van der Waals surface area contributed by atoms with Crippen molar-refractivity contribution in [1.29, 1.82) is 0 Å². The summed E-state index contributed by atoms with van der Waals surface area (Å²) in [6.07, 6.45) is 20.3. The number of aliphatic carboxylic acids is 1. The van der Waals surface area contributed by atoms with E-state index in [4.69, 9.17) is 5.11 Å². The molecule has 0 amide bonds. The topological polar surface area (TPSA) is 106 Å². The third kappa shape index (κ3) is 18.1. The number of carboxylic acid groups (broad SMARTS) is 1. The summed E-state index contributed by atoms with van der Waals surface area (Å²) in [5.41, 5.74) is 0. The predicted octanol–water partition coefficient (Wildman–Crippen LogP) is 7.16. The van der Waals surface area contributed by atoms with Gasteiger partial charge in [-0.2, -0.15) is 0 Å². The Balaban J connectivity index is -0.000000180. The van der Waals surface area contributed by atoms with Crippen molar-refractivity contribution in [1.82, 2.24) is 0 Å². The van der Waals surface area contributed by atoms with Gasteiger partial charge in [0.25, 0.3) is 0 Å². The van der Waals surface area contributed by atoms with E-state index in [1.54, 1.807) is 6.92 Å². The molecule has 6 nitrogen and oxygen atoms in total. The molecule has 0 rings (SSSR count). The molecule has 35 heavy (non-hydrogen) atoms. The largest absolute Gasteiger partial charge is 2.00 e. The first-order chi connectivity index (χ1) is 16.0. The van der Waals surface area contributed by atoms with Gasteiger partial charge in [0.1, 0.15) is 0 Å². The van der Waals surface area contributed by atoms with Crippen LogP contribution in [0, 0.1) is 0 Å². The zero-order chi connectivity index (χ0) is 26.5. The molecular formula is C26H56MgO6S2. The van der Waals surface area contributed by atoms with Gasteiger partial charge < -0.3 is 7.96 Å². The first-order valence-electron chi connectivity index (χ1n) is 13.6. The molecule has 0 heterocycles. The second-order valence-electron chi connectivity index (χ2n) is 9.39. The summed E-state index contributed by atoms with van der Waals surface area (Å²) in [7, 11) is -7.14. The number of hydrogen-bond donors (Lipinski definition) is 1. The van der Waals surface area contributed by atoms with Crippen LogP contribution in [0.4, 0.5) is 0 Å². The van der Waals surface area contributed by atoms with Crippen molar-refractivity contribution in [2.45, 2.75) is 148 Å². The minimum absolute atomic E-state index is 0. The Morgan fingerprint density at radius 2 is 0.914 bits per heavy atom. The molecule has 0 saturated heterocycles. The minimum atomic E-state index is -3.57. The molecule has 0 fully saturated rings. The van der Waals surface area contributed by atoms with E-state index < -0.39 is 29.7 Å². The zero-order valence-electron chi connectivity index (χ0n) is 25.4. The number of rotatable bonds is 21. The van der Waals surface area contributed by atoms with E-state index in [0.29, 0.717) is 6.42 Å². The summed E-state index contributed by atoms with van der Waals surface area (Å²) >= 11 is 0. The average molecular weight is 553 g/mol. The summed E-state index contributed by atoms with van der Waals surface area (Å²) in [5.74, 6) is -0.938. The molecule has 0 aliphatic carbocycles. The molecule has 0 radical (unpaired) electrons. The summed E-state index contributed by atoms with van der Waals surface area (Å²) in [5, 5.41) is 8.52. The molecule has 0 spiro atoms. The summed E-state index contributed by atoms with van der Waals surface area (Å²) in [6.45, 7) is 8.08. The predicted molar refractivity (Wildman–Crippen MR) is 153 cm³/mol. The zero-order valence-corrected chi connectivity index (χ0v) is 26.5. The van der Waals surface area contributed by atoms with Crippen LogP contribution >= 0.6 is 0 Å². The first kappa shape index (κ1) is 39.6. The summed E-state index contributed by atoms with van der Waals surface area (Å²) in [4.78, 5) is 10.3. The molecule has 0 atom stereocenters. The van der Waals surface area contributed by atoms with Gasteiger partial charge in [-0.15, -0.1) is 0 Å².